The zero-order valence-corrected chi connectivity index (χ0v) is 28.2. The van der Waals surface area contributed by atoms with Gasteiger partial charge in [-0.1, -0.05) is 24.9 Å². The molecule has 4 fully saturated rings. The maximum Gasteiger partial charge on any atom is 0.453 e. The van der Waals surface area contributed by atoms with Gasteiger partial charge >= 0.3 is 12.3 Å². The standard InChI is InChI=1S/C31H48F3N5O6S/c1-5-6-7-24-21-37(20-23-8-14-39(15-9-23)46(4,42)43)28(41)44-30(24)12-18-38(19-13-30)29(3)10-16-36(17-11-29)27(40)25-22(2)35-45-26(25)31(32,33)34/h23-24H,5-21H2,1-4H3. The minimum absolute atomic E-state index is 0.0671. The Morgan fingerprint density at radius 1 is 1.04 bits per heavy atom. The van der Waals surface area contributed by atoms with E-state index >= 15 is 0 Å². The molecule has 0 N–H and O–H groups in total. The molecular weight excluding hydrogens is 627 g/mol. The minimum atomic E-state index is -4.80. The highest BCUT2D eigenvalue weighted by atomic mass is 32.2. The Morgan fingerprint density at radius 2 is 1.67 bits per heavy atom. The average Bonchev–Trinajstić information content (AvgIpc) is 3.40. The molecule has 4 saturated heterocycles. The summed E-state index contributed by atoms with van der Waals surface area (Å²) < 4.78 is 76.5. The fourth-order valence-corrected chi connectivity index (χ4v) is 8.81. The van der Waals surface area contributed by atoms with Crippen molar-refractivity contribution in [3.05, 3.63) is 17.0 Å². The lowest BCUT2D eigenvalue weighted by molar-refractivity contribution is -0.156. The molecule has 1 aromatic rings. The van der Waals surface area contributed by atoms with Gasteiger partial charge in [0.2, 0.25) is 10.0 Å². The van der Waals surface area contributed by atoms with Gasteiger partial charge in [-0.2, -0.15) is 13.2 Å². The number of aryl methyl sites for hydroxylation is 1. The number of sulfonamides is 1. The van der Waals surface area contributed by atoms with Crippen molar-refractivity contribution in [2.75, 3.05) is 58.6 Å². The Kier molecular flexibility index (Phi) is 10.1. The molecule has 0 saturated carbocycles. The van der Waals surface area contributed by atoms with E-state index in [0.717, 1.165) is 45.2 Å². The lowest BCUT2D eigenvalue weighted by Crippen LogP contribution is -2.64. The van der Waals surface area contributed by atoms with E-state index in [9.17, 15) is 31.2 Å². The summed E-state index contributed by atoms with van der Waals surface area (Å²) in [5.41, 5.74) is -1.35. The summed E-state index contributed by atoms with van der Waals surface area (Å²) in [7, 11) is -3.21. The third-order valence-corrected chi connectivity index (χ3v) is 12.3. The summed E-state index contributed by atoms with van der Waals surface area (Å²) in [5.74, 6) is -1.62. The van der Waals surface area contributed by atoms with E-state index in [2.05, 4.69) is 28.4 Å². The second-order valence-electron chi connectivity index (χ2n) is 14.0. The minimum Gasteiger partial charge on any atom is -0.442 e. The van der Waals surface area contributed by atoms with Crippen molar-refractivity contribution in [2.45, 2.75) is 95.9 Å². The highest BCUT2D eigenvalue weighted by Crippen LogP contribution is 2.44. The van der Waals surface area contributed by atoms with E-state index in [1.807, 2.05) is 4.90 Å². The van der Waals surface area contributed by atoms with Gasteiger partial charge in [0.15, 0.2) is 0 Å². The maximum absolute atomic E-state index is 13.4. The first kappa shape index (κ1) is 34.9. The Bertz CT molecular complexity index is 1360. The van der Waals surface area contributed by atoms with Gasteiger partial charge in [0.1, 0.15) is 11.2 Å². The molecule has 0 aromatic carbocycles. The molecule has 5 heterocycles. The number of carbonyl (C=O) groups is 2. The van der Waals surface area contributed by atoms with Gasteiger partial charge in [0, 0.05) is 76.7 Å². The molecule has 4 aliphatic rings. The van der Waals surface area contributed by atoms with Gasteiger partial charge < -0.3 is 19.1 Å². The topological polar surface area (TPSA) is 116 Å². The molecule has 15 heteroatoms. The molecule has 11 nitrogen and oxygen atoms in total. The summed E-state index contributed by atoms with van der Waals surface area (Å²) >= 11 is 0. The Labute approximate surface area is 269 Å². The highest BCUT2D eigenvalue weighted by Gasteiger charge is 2.52. The third kappa shape index (κ3) is 7.20. The smallest absolute Gasteiger partial charge is 0.442 e. The van der Waals surface area contributed by atoms with E-state index in [4.69, 9.17) is 4.74 Å². The SMILES string of the molecule is CCCCC1CN(CC2CCN(S(C)(=O)=O)CC2)C(=O)OC12CCN(C1(C)CCN(C(=O)c3c(C)noc3C(F)(F)F)CC1)CC2. The van der Waals surface area contributed by atoms with Crippen LogP contribution in [-0.4, -0.2) is 114 Å². The van der Waals surface area contributed by atoms with Crippen LogP contribution in [0, 0.1) is 18.8 Å². The molecule has 1 spiro atoms. The molecule has 0 bridgehead atoms. The summed E-state index contributed by atoms with van der Waals surface area (Å²) in [5, 5.41) is 3.41. The molecule has 2 amide bonds. The van der Waals surface area contributed by atoms with Gasteiger partial charge in [0.05, 0.1) is 11.9 Å². The molecule has 46 heavy (non-hydrogen) atoms. The predicted octanol–water partition coefficient (Wildman–Crippen LogP) is 4.76. The number of rotatable bonds is 8. The lowest BCUT2D eigenvalue weighted by atomic mass is 9.74. The quantitative estimate of drug-likeness (QED) is 0.388. The van der Waals surface area contributed by atoms with Crippen LogP contribution in [0.3, 0.4) is 0 Å². The number of carbonyl (C=O) groups excluding carboxylic acids is 2. The number of hydrogen-bond donors (Lipinski definition) is 0. The molecule has 4 aliphatic heterocycles. The Hall–Kier alpha value is -2.39. The number of aromatic nitrogens is 1. The average molecular weight is 676 g/mol. The van der Waals surface area contributed by atoms with Crippen LogP contribution in [0.15, 0.2) is 4.52 Å². The Morgan fingerprint density at radius 3 is 2.24 bits per heavy atom. The van der Waals surface area contributed by atoms with Gasteiger partial charge in [-0.15, -0.1) is 0 Å². The van der Waals surface area contributed by atoms with Crippen LogP contribution in [0.2, 0.25) is 0 Å². The first-order valence-electron chi connectivity index (χ1n) is 16.6. The summed E-state index contributed by atoms with van der Waals surface area (Å²) in [6.07, 6.45) is 3.29. The predicted molar refractivity (Wildman–Crippen MR) is 164 cm³/mol. The van der Waals surface area contributed by atoms with E-state index in [-0.39, 0.29) is 29.2 Å². The summed E-state index contributed by atoms with van der Waals surface area (Å²) in [4.78, 5) is 32.2. The van der Waals surface area contributed by atoms with E-state index in [1.165, 1.54) is 22.4 Å². The van der Waals surface area contributed by atoms with Gasteiger partial charge in [-0.25, -0.2) is 17.5 Å². The number of piperidine rings is 3. The van der Waals surface area contributed by atoms with Crippen LogP contribution in [0.5, 0.6) is 0 Å². The fraction of sp³-hybridized carbons (Fsp3) is 0.839. The number of halogens is 3. The molecule has 0 aliphatic carbocycles. The first-order chi connectivity index (χ1) is 21.6. The lowest BCUT2D eigenvalue weighted by Gasteiger charge is -2.55. The second kappa shape index (κ2) is 13.3. The monoisotopic (exact) mass is 675 g/mol. The molecule has 260 valence electrons. The normalized spacial score (nSPS) is 25.2. The molecular formula is C31H48F3N5O6S. The maximum atomic E-state index is 13.4. The van der Waals surface area contributed by atoms with Crippen molar-refractivity contribution in [1.82, 2.24) is 24.2 Å². The number of alkyl halides is 3. The van der Waals surface area contributed by atoms with Crippen LogP contribution < -0.4 is 0 Å². The van der Waals surface area contributed by atoms with Crippen LogP contribution in [-0.2, 0) is 20.9 Å². The summed E-state index contributed by atoms with van der Waals surface area (Å²) in [6, 6.07) is 0. The molecule has 1 unspecified atom stereocenters. The van der Waals surface area contributed by atoms with Crippen LogP contribution >= 0.6 is 0 Å². The van der Waals surface area contributed by atoms with Crippen molar-refractivity contribution in [2.24, 2.45) is 11.8 Å². The van der Waals surface area contributed by atoms with Crippen molar-refractivity contribution < 1.29 is 40.4 Å². The fourth-order valence-electron chi connectivity index (χ4n) is 7.93. The Balaban J connectivity index is 1.18. The van der Waals surface area contributed by atoms with Crippen LogP contribution in [0.1, 0.15) is 93.4 Å². The van der Waals surface area contributed by atoms with Crippen molar-refractivity contribution in [1.29, 1.82) is 0 Å². The zero-order valence-electron chi connectivity index (χ0n) is 27.4. The van der Waals surface area contributed by atoms with Crippen LogP contribution in [0.4, 0.5) is 18.0 Å². The van der Waals surface area contributed by atoms with Crippen molar-refractivity contribution >= 4 is 22.0 Å². The number of likely N-dealkylation sites (tertiary alicyclic amines) is 2. The largest absolute Gasteiger partial charge is 0.453 e. The zero-order chi connectivity index (χ0) is 33.5. The number of nitrogens with zero attached hydrogens (tertiary/aromatic N) is 5. The van der Waals surface area contributed by atoms with E-state index in [0.29, 0.717) is 65.0 Å². The molecule has 0 radical (unpaired) electrons. The molecule has 5 rings (SSSR count). The van der Waals surface area contributed by atoms with Gasteiger partial charge in [-0.05, 0) is 51.9 Å². The summed E-state index contributed by atoms with van der Waals surface area (Å²) in [6.45, 7) is 9.93. The van der Waals surface area contributed by atoms with Crippen molar-refractivity contribution in [3.63, 3.8) is 0 Å². The van der Waals surface area contributed by atoms with Gasteiger partial charge in [0.25, 0.3) is 11.7 Å². The number of unbranched alkanes of at least 4 members (excludes halogenated alkanes) is 1. The van der Waals surface area contributed by atoms with Gasteiger partial charge in [-0.3, -0.25) is 9.69 Å². The highest BCUT2D eigenvalue weighted by molar-refractivity contribution is 7.88. The van der Waals surface area contributed by atoms with Crippen molar-refractivity contribution in [3.8, 4) is 0 Å². The molecule has 1 atom stereocenters. The van der Waals surface area contributed by atoms with E-state index < -0.39 is 39.0 Å². The van der Waals surface area contributed by atoms with E-state index in [1.54, 1.807) is 0 Å². The number of ether oxygens (including phenoxy) is 1. The third-order valence-electron chi connectivity index (χ3n) is 11.0. The molecule has 1 aromatic heterocycles. The second-order valence-corrected chi connectivity index (χ2v) is 16.0. The number of hydrogen-bond acceptors (Lipinski definition) is 8. The number of amides is 2. The first-order valence-corrected chi connectivity index (χ1v) is 18.4. The van der Waals surface area contributed by atoms with Crippen LogP contribution in [0.25, 0.3) is 0 Å².